The van der Waals surface area contributed by atoms with Crippen molar-refractivity contribution in [1.82, 2.24) is 9.88 Å². The summed E-state index contributed by atoms with van der Waals surface area (Å²) < 4.78 is 8.01. The summed E-state index contributed by atoms with van der Waals surface area (Å²) in [6.45, 7) is 6.36. The number of ether oxygens (including phenoxy) is 1. The summed E-state index contributed by atoms with van der Waals surface area (Å²) in [6, 6.07) is 27.3. The van der Waals surface area contributed by atoms with E-state index in [-0.39, 0.29) is 10.7 Å². The second-order valence-electron chi connectivity index (χ2n) is 9.17. The van der Waals surface area contributed by atoms with Gasteiger partial charge in [-0.25, -0.2) is 0 Å². The minimum absolute atomic E-state index is 0.0340. The number of thiocarbonyl (C=S) groups is 1. The van der Waals surface area contributed by atoms with Gasteiger partial charge in [0.15, 0.2) is 5.11 Å². The Morgan fingerprint density at radius 2 is 1.58 bits per heavy atom. The van der Waals surface area contributed by atoms with Gasteiger partial charge in [-0.3, -0.25) is 19.8 Å². The normalized spacial score (nSPS) is 14.7. The first-order valence-corrected chi connectivity index (χ1v) is 12.7. The molecule has 1 fully saturated rings. The summed E-state index contributed by atoms with van der Waals surface area (Å²) in [4.78, 5) is 27.7. The molecule has 3 aromatic carbocycles. The van der Waals surface area contributed by atoms with Gasteiger partial charge in [-0.05, 0) is 92.2 Å². The molecule has 4 aromatic rings. The third-order valence-electron chi connectivity index (χ3n) is 6.57. The van der Waals surface area contributed by atoms with Gasteiger partial charge in [0.05, 0.1) is 5.69 Å². The molecule has 0 saturated carbocycles. The zero-order valence-electron chi connectivity index (χ0n) is 21.4. The van der Waals surface area contributed by atoms with Gasteiger partial charge in [-0.2, -0.15) is 0 Å². The molecule has 1 N–H and O–H groups in total. The van der Waals surface area contributed by atoms with E-state index >= 15 is 0 Å². The molecule has 2 amide bonds. The van der Waals surface area contributed by atoms with Gasteiger partial charge in [-0.1, -0.05) is 48.5 Å². The highest BCUT2D eigenvalue weighted by atomic mass is 32.1. The van der Waals surface area contributed by atoms with Crippen molar-refractivity contribution in [2.24, 2.45) is 0 Å². The first kappa shape index (κ1) is 25.2. The van der Waals surface area contributed by atoms with Crippen molar-refractivity contribution >= 4 is 40.9 Å². The van der Waals surface area contributed by atoms with E-state index in [0.29, 0.717) is 12.3 Å². The Morgan fingerprint density at radius 1 is 0.895 bits per heavy atom. The third-order valence-corrected chi connectivity index (χ3v) is 6.86. The van der Waals surface area contributed by atoms with Crippen molar-refractivity contribution in [3.8, 4) is 11.4 Å². The van der Waals surface area contributed by atoms with Crippen LogP contribution in [0.3, 0.4) is 0 Å². The van der Waals surface area contributed by atoms with Gasteiger partial charge in [0.2, 0.25) is 0 Å². The van der Waals surface area contributed by atoms with Crippen molar-refractivity contribution in [2.45, 2.75) is 27.4 Å². The lowest BCUT2D eigenvalue weighted by molar-refractivity contribution is -0.122. The van der Waals surface area contributed by atoms with Crippen LogP contribution in [0.5, 0.6) is 5.75 Å². The molecule has 1 aliphatic rings. The van der Waals surface area contributed by atoms with Gasteiger partial charge in [0, 0.05) is 17.1 Å². The van der Waals surface area contributed by atoms with Crippen LogP contribution in [0.25, 0.3) is 11.8 Å². The van der Waals surface area contributed by atoms with E-state index in [4.69, 9.17) is 17.0 Å². The van der Waals surface area contributed by atoms with Crippen molar-refractivity contribution in [3.05, 3.63) is 119 Å². The highest BCUT2D eigenvalue weighted by Gasteiger charge is 2.35. The lowest BCUT2D eigenvalue weighted by Crippen LogP contribution is -2.54. The predicted octanol–water partition coefficient (Wildman–Crippen LogP) is 5.81. The fraction of sp³-hybridized carbons (Fsp3) is 0.129. The number of aromatic nitrogens is 1. The molecule has 1 aromatic heterocycles. The standard InChI is InChI=1S/C31H27N3O3S/c1-20-9-7-8-12-28(20)34-30(36)27(29(35)32-31(34)38)18-24-17-21(2)33(22(24)3)25-13-15-26(16-14-25)37-19-23-10-5-4-6-11-23/h4-18H,19H2,1-3H3,(H,32,35,38)/b27-18+. The van der Waals surface area contributed by atoms with E-state index in [2.05, 4.69) is 9.88 Å². The van der Waals surface area contributed by atoms with Gasteiger partial charge in [0.25, 0.3) is 11.8 Å². The summed E-state index contributed by atoms with van der Waals surface area (Å²) in [6.07, 6.45) is 1.64. The monoisotopic (exact) mass is 521 g/mol. The van der Waals surface area contributed by atoms with Crippen LogP contribution in [0.1, 0.15) is 28.1 Å². The molecule has 38 heavy (non-hydrogen) atoms. The number of anilines is 1. The Balaban J connectivity index is 1.41. The highest BCUT2D eigenvalue weighted by molar-refractivity contribution is 7.80. The summed E-state index contributed by atoms with van der Waals surface area (Å²) in [5, 5.41) is 2.74. The number of hydrogen-bond donors (Lipinski definition) is 1. The number of aryl methyl sites for hydroxylation is 2. The lowest BCUT2D eigenvalue weighted by atomic mass is 10.1. The average Bonchev–Trinajstić information content (AvgIpc) is 3.19. The van der Waals surface area contributed by atoms with Crippen LogP contribution in [-0.4, -0.2) is 21.5 Å². The number of hydrogen-bond acceptors (Lipinski definition) is 4. The average molecular weight is 522 g/mol. The maximum Gasteiger partial charge on any atom is 0.270 e. The summed E-state index contributed by atoms with van der Waals surface area (Å²) >= 11 is 5.34. The van der Waals surface area contributed by atoms with Crippen LogP contribution in [0, 0.1) is 20.8 Å². The molecule has 0 unspecified atom stereocenters. The summed E-state index contributed by atoms with van der Waals surface area (Å²) in [5.41, 5.74) is 6.29. The fourth-order valence-electron chi connectivity index (χ4n) is 4.61. The SMILES string of the molecule is Cc1ccccc1N1C(=O)/C(=C/c2cc(C)n(-c3ccc(OCc4ccccc4)cc3)c2C)C(=O)NC1=S. The van der Waals surface area contributed by atoms with E-state index in [1.807, 2.05) is 106 Å². The van der Waals surface area contributed by atoms with Crippen LogP contribution in [0.15, 0.2) is 90.5 Å². The van der Waals surface area contributed by atoms with E-state index < -0.39 is 11.8 Å². The predicted molar refractivity (Wildman–Crippen MR) is 153 cm³/mol. The van der Waals surface area contributed by atoms with Crippen LogP contribution >= 0.6 is 12.2 Å². The zero-order valence-corrected chi connectivity index (χ0v) is 22.2. The molecule has 190 valence electrons. The van der Waals surface area contributed by atoms with Crippen LogP contribution in [0.4, 0.5) is 5.69 Å². The Hall–Kier alpha value is -4.49. The molecule has 0 atom stereocenters. The molecule has 0 spiro atoms. The fourth-order valence-corrected chi connectivity index (χ4v) is 4.88. The number of amides is 2. The molecule has 1 saturated heterocycles. The van der Waals surface area contributed by atoms with Crippen molar-refractivity contribution in [2.75, 3.05) is 4.90 Å². The van der Waals surface area contributed by atoms with Gasteiger partial charge >= 0.3 is 0 Å². The second kappa shape index (κ2) is 10.5. The van der Waals surface area contributed by atoms with Crippen molar-refractivity contribution < 1.29 is 14.3 Å². The van der Waals surface area contributed by atoms with E-state index in [1.165, 1.54) is 4.90 Å². The Morgan fingerprint density at radius 3 is 2.29 bits per heavy atom. The van der Waals surface area contributed by atoms with Crippen LogP contribution in [0.2, 0.25) is 0 Å². The first-order chi connectivity index (χ1) is 18.3. The molecule has 7 heteroatoms. The minimum Gasteiger partial charge on any atom is -0.489 e. The third kappa shape index (κ3) is 4.88. The van der Waals surface area contributed by atoms with E-state index in [1.54, 1.807) is 6.08 Å². The van der Waals surface area contributed by atoms with Crippen LogP contribution in [-0.2, 0) is 16.2 Å². The first-order valence-electron chi connectivity index (χ1n) is 12.3. The Kier molecular flexibility index (Phi) is 6.94. The molecule has 1 aliphatic heterocycles. The summed E-state index contributed by atoms with van der Waals surface area (Å²) in [7, 11) is 0. The number of para-hydroxylation sites is 1. The van der Waals surface area contributed by atoms with Gasteiger partial charge in [0.1, 0.15) is 17.9 Å². The van der Waals surface area contributed by atoms with Gasteiger partial charge < -0.3 is 9.30 Å². The highest BCUT2D eigenvalue weighted by Crippen LogP contribution is 2.28. The lowest BCUT2D eigenvalue weighted by Gasteiger charge is -2.30. The summed E-state index contributed by atoms with van der Waals surface area (Å²) in [5.74, 6) is -0.175. The Bertz CT molecular complexity index is 1570. The number of nitrogens with zero attached hydrogens (tertiary/aromatic N) is 2. The molecule has 6 nitrogen and oxygen atoms in total. The maximum absolute atomic E-state index is 13.5. The number of carbonyl (C=O) groups is 2. The van der Waals surface area contributed by atoms with E-state index in [0.717, 1.165) is 39.5 Å². The number of carbonyl (C=O) groups excluding carboxylic acids is 2. The molecule has 0 bridgehead atoms. The largest absolute Gasteiger partial charge is 0.489 e. The van der Waals surface area contributed by atoms with E-state index in [9.17, 15) is 9.59 Å². The van der Waals surface area contributed by atoms with Crippen molar-refractivity contribution in [3.63, 3.8) is 0 Å². The molecule has 0 radical (unpaired) electrons. The number of rotatable bonds is 6. The van der Waals surface area contributed by atoms with Crippen LogP contribution < -0.4 is 15.0 Å². The van der Waals surface area contributed by atoms with Gasteiger partial charge in [-0.15, -0.1) is 0 Å². The smallest absolute Gasteiger partial charge is 0.270 e. The van der Waals surface area contributed by atoms with Crippen molar-refractivity contribution in [1.29, 1.82) is 0 Å². The zero-order chi connectivity index (χ0) is 26.8. The molecule has 5 rings (SSSR count). The maximum atomic E-state index is 13.5. The molecular formula is C31H27N3O3S. The Labute approximate surface area is 227 Å². The second-order valence-corrected chi connectivity index (χ2v) is 9.56. The minimum atomic E-state index is -0.505. The molecule has 0 aliphatic carbocycles. The quantitative estimate of drug-likeness (QED) is 0.198. The molecular weight excluding hydrogens is 494 g/mol. The molecule has 2 heterocycles. The topological polar surface area (TPSA) is 63.6 Å². The number of nitrogens with one attached hydrogen (secondary N) is 1. The number of benzene rings is 3.